The highest BCUT2D eigenvalue weighted by Gasteiger charge is 2.29. The van der Waals surface area contributed by atoms with Crippen LogP contribution in [-0.4, -0.2) is 85.4 Å². The first-order valence-electron chi connectivity index (χ1n) is 15.1. The molecule has 0 fully saturated rings. The summed E-state index contributed by atoms with van der Waals surface area (Å²) in [5, 5.41) is 12.6. The van der Waals surface area contributed by atoms with Crippen LogP contribution in [0.2, 0.25) is 0 Å². The van der Waals surface area contributed by atoms with E-state index in [1.54, 1.807) is 31.6 Å². The number of aromatic nitrogens is 2. The van der Waals surface area contributed by atoms with Crippen molar-refractivity contribution in [3.63, 3.8) is 0 Å². The zero-order chi connectivity index (χ0) is 33.1. The molecule has 0 saturated carbocycles. The first-order chi connectivity index (χ1) is 22.1. The van der Waals surface area contributed by atoms with Gasteiger partial charge in [-0.2, -0.15) is 0 Å². The Hall–Kier alpha value is -4.94. The van der Waals surface area contributed by atoms with Crippen LogP contribution in [0.5, 0.6) is 0 Å². The summed E-state index contributed by atoms with van der Waals surface area (Å²) in [6.45, 7) is 5.85. The fraction of sp³-hybridized carbons (Fsp3) is 0.353. The number of anilines is 2. The molecule has 1 atom stereocenters. The highest BCUT2D eigenvalue weighted by atomic mass is 16.5. The number of nitrogens with two attached hydrogens (primary N) is 1. The van der Waals surface area contributed by atoms with Gasteiger partial charge in [0.15, 0.2) is 0 Å². The Morgan fingerprint density at radius 1 is 1.00 bits per heavy atom. The molecule has 6 rings (SSSR count). The molecule has 3 amide bonds. The van der Waals surface area contributed by atoms with Crippen molar-refractivity contribution in [2.75, 3.05) is 57.6 Å². The SMILES string of the molecule is CN1CCOCCOC/C=C/c2ccc(nc2)NC(=O)C2Cc3cnc(cc3C2)C(=O)NCC1=O.Cc1cc(C)c(N)c(C=N)c1. The molecule has 2 aromatic heterocycles. The van der Waals surface area contributed by atoms with Gasteiger partial charge in [0.25, 0.3) is 5.91 Å². The number of nitrogen functional groups attached to an aromatic ring is 1. The van der Waals surface area contributed by atoms with Crippen LogP contribution in [-0.2, 0) is 31.9 Å². The van der Waals surface area contributed by atoms with Crippen molar-refractivity contribution in [3.8, 4) is 0 Å². The number of aryl methyl sites for hydroxylation is 2. The van der Waals surface area contributed by atoms with E-state index in [1.165, 1.54) is 11.1 Å². The summed E-state index contributed by atoms with van der Waals surface area (Å²) in [5.41, 5.74) is 12.4. The van der Waals surface area contributed by atoms with Gasteiger partial charge in [-0.1, -0.05) is 23.8 Å². The van der Waals surface area contributed by atoms with Crippen LogP contribution < -0.4 is 16.4 Å². The summed E-state index contributed by atoms with van der Waals surface area (Å²) in [5.74, 6) is -0.574. The maximum absolute atomic E-state index is 12.8. The zero-order valence-electron chi connectivity index (χ0n) is 26.5. The van der Waals surface area contributed by atoms with Crippen molar-refractivity contribution in [2.45, 2.75) is 26.7 Å². The molecule has 1 unspecified atom stereocenters. The molecule has 46 heavy (non-hydrogen) atoms. The van der Waals surface area contributed by atoms with E-state index in [-0.39, 0.29) is 30.0 Å². The van der Waals surface area contributed by atoms with Gasteiger partial charge in [-0.15, -0.1) is 0 Å². The van der Waals surface area contributed by atoms with Crippen molar-refractivity contribution >= 4 is 41.5 Å². The smallest absolute Gasteiger partial charge is 0.270 e. The van der Waals surface area contributed by atoms with Gasteiger partial charge in [-0.25, -0.2) is 4.98 Å². The molecule has 5 bridgehead atoms. The van der Waals surface area contributed by atoms with Crippen molar-refractivity contribution in [1.82, 2.24) is 20.2 Å². The summed E-state index contributed by atoms with van der Waals surface area (Å²) in [7, 11) is 1.66. The Bertz CT molecular complexity index is 1590. The number of pyridine rings is 2. The Balaban J connectivity index is 0.000000369. The van der Waals surface area contributed by atoms with Crippen molar-refractivity contribution in [1.29, 1.82) is 5.41 Å². The first kappa shape index (κ1) is 33.9. The number of nitrogens with zero attached hydrogens (tertiary/aromatic N) is 3. The van der Waals surface area contributed by atoms with Gasteiger partial charge in [0.2, 0.25) is 11.8 Å². The molecule has 242 valence electrons. The maximum atomic E-state index is 12.8. The number of benzene rings is 1. The normalized spacial score (nSPS) is 18.5. The predicted octanol–water partition coefficient (Wildman–Crippen LogP) is 2.96. The van der Waals surface area contributed by atoms with E-state index in [1.807, 2.05) is 44.2 Å². The molecule has 3 aliphatic rings. The van der Waals surface area contributed by atoms with Gasteiger partial charge in [0, 0.05) is 49.4 Å². The van der Waals surface area contributed by atoms with Crippen LogP contribution in [0, 0.1) is 25.2 Å². The van der Waals surface area contributed by atoms with E-state index in [4.69, 9.17) is 20.6 Å². The number of hydrogen-bond acceptors (Lipinski definition) is 9. The summed E-state index contributed by atoms with van der Waals surface area (Å²) < 4.78 is 11.0. The van der Waals surface area contributed by atoms with E-state index >= 15 is 0 Å². The van der Waals surface area contributed by atoms with Crippen LogP contribution in [0.4, 0.5) is 11.5 Å². The standard InChI is InChI=1S/C25H29N5O5.C9H12N2/c1-30-6-8-35-10-9-34-7-2-3-17-4-5-22(27-14-17)29-24(32)19-11-18-13-21(26-15-20(18)12-19)25(33)28-16-23(30)31;1-6-3-7(2)9(11)8(4-6)5-10/h2-5,13-15,19H,6-12,16H2,1H3,(H,28,33)(H,27,29,32);3-5,10H,11H2,1-2H3/b3-2+;. The molecular formula is C34H41N7O5. The molecule has 2 aliphatic heterocycles. The van der Waals surface area contributed by atoms with Gasteiger partial charge in [-0.3, -0.25) is 19.4 Å². The Morgan fingerprint density at radius 2 is 1.78 bits per heavy atom. The monoisotopic (exact) mass is 627 g/mol. The maximum Gasteiger partial charge on any atom is 0.270 e. The Labute approximate surface area is 268 Å². The van der Waals surface area contributed by atoms with Gasteiger partial charge in [-0.05, 0) is 73.2 Å². The molecule has 3 aromatic rings. The number of nitrogens with one attached hydrogen (secondary N) is 3. The van der Waals surface area contributed by atoms with E-state index in [2.05, 4.69) is 20.6 Å². The summed E-state index contributed by atoms with van der Waals surface area (Å²) in [6, 6.07) is 9.26. The summed E-state index contributed by atoms with van der Waals surface area (Å²) in [4.78, 5) is 47.7. The average Bonchev–Trinajstić information content (AvgIpc) is 3.49. The molecule has 0 spiro atoms. The fourth-order valence-corrected chi connectivity index (χ4v) is 5.01. The van der Waals surface area contributed by atoms with Gasteiger partial charge >= 0.3 is 0 Å². The van der Waals surface area contributed by atoms with E-state index < -0.39 is 5.91 Å². The lowest BCUT2D eigenvalue weighted by Crippen LogP contribution is -2.39. The van der Waals surface area contributed by atoms with Crippen molar-refractivity contribution in [3.05, 3.63) is 87.9 Å². The Morgan fingerprint density at radius 3 is 2.54 bits per heavy atom. The topological polar surface area (TPSA) is 173 Å². The second kappa shape index (κ2) is 16.4. The third-order valence-corrected chi connectivity index (χ3v) is 7.67. The van der Waals surface area contributed by atoms with Crippen molar-refractivity contribution < 1.29 is 23.9 Å². The molecular weight excluding hydrogens is 586 g/mol. The Kier molecular flexibility index (Phi) is 12.1. The lowest BCUT2D eigenvalue weighted by molar-refractivity contribution is -0.129. The molecule has 12 heteroatoms. The zero-order valence-corrected chi connectivity index (χ0v) is 26.5. The summed E-state index contributed by atoms with van der Waals surface area (Å²) in [6.07, 6.45) is 9.44. The van der Waals surface area contributed by atoms with Gasteiger partial charge in [0.05, 0.1) is 33.0 Å². The van der Waals surface area contributed by atoms with Crippen LogP contribution in [0.1, 0.15) is 43.9 Å². The van der Waals surface area contributed by atoms with E-state index in [9.17, 15) is 14.4 Å². The number of rotatable bonds is 1. The molecule has 1 aromatic carbocycles. The highest BCUT2D eigenvalue weighted by Crippen LogP contribution is 2.27. The molecule has 5 N–H and O–H groups in total. The molecule has 0 saturated heterocycles. The van der Waals surface area contributed by atoms with Crippen LogP contribution >= 0.6 is 0 Å². The summed E-state index contributed by atoms with van der Waals surface area (Å²) >= 11 is 0. The number of hydrogen-bond donors (Lipinski definition) is 4. The highest BCUT2D eigenvalue weighted by molar-refractivity contribution is 5.95. The number of carbonyl (C=O) groups is 3. The average molecular weight is 628 g/mol. The minimum atomic E-state index is -0.431. The lowest BCUT2D eigenvalue weighted by atomic mass is 10.1. The first-order valence-corrected chi connectivity index (χ1v) is 15.1. The minimum Gasteiger partial charge on any atom is -0.398 e. The lowest BCUT2D eigenvalue weighted by Gasteiger charge is -2.17. The number of carbonyl (C=O) groups excluding carboxylic acids is 3. The van der Waals surface area contributed by atoms with E-state index in [0.717, 1.165) is 33.4 Å². The minimum absolute atomic E-state index is 0.127. The molecule has 12 nitrogen and oxygen atoms in total. The fourth-order valence-electron chi connectivity index (χ4n) is 5.01. The van der Waals surface area contributed by atoms with Crippen LogP contribution in [0.15, 0.2) is 48.8 Å². The largest absolute Gasteiger partial charge is 0.398 e. The second-order valence-corrected chi connectivity index (χ2v) is 11.2. The molecule has 4 heterocycles. The third-order valence-electron chi connectivity index (χ3n) is 7.67. The number of fused-ring (bicyclic) bond motifs is 15. The second-order valence-electron chi connectivity index (χ2n) is 11.2. The quantitative estimate of drug-likeness (QED) is 0.181. The number of amides is 3. The van der Waals surface area contributed by atoms with Crippen LogP contribution in [0.3, 0.4) is 0 Å². The van der Waals surface area contributed by atoms with Crippen LogP contribution in [0.25, 0.3) is 6.08 Å². The van der Waals surface area contributed by atoms with Gasteiger partial charge in [0.1, 0.15) is 11.5 Å². The third kappa shape index (κ3) is 9.53. The molecule has 0 radical (unpaired) electrons. The number of ether oxygens (including phenoxy) is 2. The van der Waals surface area contributed by atoms with Crippen molar-refractivity contribution in [2.24, 2.45) is 5.92 Å². The number of likely N-dealkylation sites (N-methyl/N-ethyl adjacent to an activating group) is 1. The molecule has 1 aliphatic carbocycles. The predicted molar refractivity (Wildman–Crippen MR) is 177 cm³/mol. The van der Waals surface area contributed by atoms with Gasteiger partial charge < -0.3 is 36.2 Å². The van der Waals surface area contributed by atoms with E-state index in [0.29, 0.717) is 57.3 Å².